The van der Waals surface area contributed by atoms with Crippen LogP contribution in [0.5, 0.6) is 5.75 Å². The number of urea groups is 1. The Morgan fingerprint density at radius 3 is 2.43 bits per heavy atom. The van der Waals surface area contributed by atoms with E-state index in [0.717, 1.165) is 25.7 Å². The van der Waals surface area contributed by atoms with E-state index >= 15 is 0 Å². The standard InChI is InChI=1S/C23H17BrN2O4/c1-13-11-15(8-9-19(13)24)26-22(28)18(21(27)25-23(26)29)12-14-7-10-20(30-2)17-6-4-3-5-16(14)17/h3-12H,1-2H3,(H,25,27,29)/b18-12+. The van der Waals surface area contributed by atoms with Gasteiger partial charge in [-0.3, -0.25) is 14.9 Å². The number of carbonyl (C=O) groups excluding carboxylic acids is 3. The first-order chi connectivity index (χ1) is 14.4. The number of amides is 4. The van der Waals surface area contributed by atoms with Crippen LogP contribution in [0.4, 0.5) is 10.5 Å². The summed E-state index contributed by atoms with van der Waals surface area (Å²) in [7, 11) is 1.59. The van der Waals surface area contributed by atoms with Gasteiger partial charge in [-0.15, -0.1) is 0 Å². The number of ether oxygens (including phenoxy) is 1. The number of fused-ring (bicyclic) bond motifs is 1. The quantitative estimate of drug-likeness (QED) is 0.454. The van der Waals surface area contributed by atoms with E-state index in [4.69, 9.17) is 4.74 Å². The molecule has 1 aliphatic heterocycles. The fraction of sp³-hybridized carbons (Fsp3) is 0.0870. The van der Waals surface area contributed by atoms with Crippen molar-refractivity contribution in [2.45, 2.75) is 6.92 Å². The number of hydrogen-bond donors (Lipinski definition) is 1. The molecule has 4 amide bonds. The largest absolute Gasteiger partial charge is 0.496 e. The average molecular weight is 465 g/mol. The SMILES string of the molecule is COc1ccc(/C=C2\C(=O)NC(=O)N(c3ccc(Br)c(C)c3)C2=O)c2ccccc12. The lowest BCUT2D eigenvalue weighted by atomic mass is 10.00. The zero-order valence-corrected chi connectivity index (χ0v) is 17.8. The van der Waals surface area contributed by atoms with Crippen molar-refractivity contribution in [1.82, 2.24) is 5.32 Å². The number of aryl methyl sites for hydroxylation is 1. The Kier molecular flexibility index (Phi) is 5.13. The number of carbonyl (C=O) groups is 3. The van der Waals surface area contributed by atoms with E-state index in [1.54, 1.807) is 37.4 Å². The lowest BCUT2D eigenvalue weighted by molar-refractivity contribution is -0.122. The maximum Gasteiger partial charge on any atom is 0.335 e. The van der Waals surface area contributed by atoms with Crippen LogP contribution in [0, 0.1) is 6.92 Å². The summed E-state index contributed by atoms with van der Waals surface area (Å²) in [5.74, 6) is -0.713. The number of methoxy groups -OCH3 is 1. The van der Waals surface area contributed by atoms with Gasteiger partial charge in [-0.05, 0) is 53.8 Å². The van der Waals surface area contributed by atoms with Crippen molar-refractivity contribution in [3.05, 3.63) is 75.8 Å². The summed E-state index contributed by atoms with van der Waals surface area (Å²) < 4.78 is 6.26. The lowest BCUT2D eigenvalue weighted by Gasteiger charge is -2.26. The second kappa shape index (κ2) is 7.76. The summed E-state index contributed by atoms with van der Waals surface area (Å²) in [5.41, 5.74) is 1.80. The molecule has 0 saturated carbocycles. The molecule has 7 heteroatoms. The summed E-state index contributed by atoms with van der Waals surface area (Å²) >= 11 is 3.40. The number of anilines is 1. The van der Waals surface area contributed by atoms with Crippen LogP contribution in [0.25, 0.3) is 16.8 Å². The third kappa shape index (κ3) is 3.37. The molecule has 0 atom stereocenters. The predicted octanol–water partition coefficient (Wildman–Crippen LogP) is 4.59. The van der Waals surface area contributed by atoms with Gasteiger partial charge in [-0.2, -0.15) is 0 Å². The second-order valence-electron chi connectivity index (χ2n) is 6.79. The van der Waals surface area contributed by atoms with E-state index in [9.17, 15) is 14.4 Å². The molecule has 1 N–H and O–H groups in total. The highest BCUT2D eigenvalue weighted by atomic mass is 79.9. The summed E-state index contributed by atoms with van der Waals surface area (Å²) in [6.07, 6.45) is 1.50. The summed E-state index contributed by atoms with van der Waals surface area (Å²) in [4.78, 5) is 39.0. The predicted molar refractivity (Wildman–Crippen MR) is 118 cm³/mol. The van der Waals surface area contributed by atoms with Crippen molar-refractivity contribution >= 4 is 56.3 Å². The molecule has 1 heterocycles. The van der Waals surface area contributed by atoms with Crippen LogP contribution < -0.4 is 15.0 Å². The van der Waals surface area contributed by atoms with Crippen LogP contribution in [-0.4, -0.2) is 25.0 Å². The highest BCUT2D eigenvalue weighted by Gasteiger charge is 2.37. The van der Waals surface area contributed by atoms with Gasteiger partial charge in [-0.25, -0.2) is 9.69 Å². The van der Waals surface area contributed by atoms with Crippen molar-refractivity contribution in [1.29, 1.82) is 0 Å². The monoisotopic (exact) mass is 464 g/mol. The van der Waals surface area contributed by atoms with Gasteiger partial charge < -0.3 is 4.74 Å². The van der Waals surface area contributed by atoms with Crippen LogP contribution in [0.1, 0.15) is 11.1 Å². The van der Waals surface area contributed by atoms with Crippen LogP contribution in [0.15, 0.2) is 64.6 Å². The van der Waals surface area contributed by atoms with Gasteiger partial charge in [0.25, 0.3) is 11.8 Å². The third-order valence-corrected chi connectivity index (χ3v) is 5.83. The minimum Gasteiger partial charge on any atom is -0.496 e. The highest BCUT2D eigenvalue weighted by Crippen LogP contribution is 2.31. The Morgan fingerprint density at radius 1 is 1.00 bits per heavy atom. The molecule has 0 aromatic heterocycles. The molecule has 3 aromatic carbocycles. The molecule has 0 spiro atoms. The van der Waals surface area contributed by atoms with E-state index in [1.807, 2.05) is 31.2 Å². The second-order valence-corrected chi connectivity index (χ2v) is 7.65. The number of nitrogens with zero attached hydrogens (tertiary/aromatic N) is 1. The Bertz CT molecular complexity index is 1250. The molecular formula is C23H17BrN2O4. The first-order valence-corrected chi connectivity index (χ1v) is 9.93. The topological polar surface area (TPSA) is 75.7 Å². The fourth-order valence-corrected chi connectivity index (χ4v) is 3.66. The molecular weight excluding hydrogens is 448 g/mol. The first-order valence-electron chi connectivity index (χ1n) is 9.14. The Hall–Kier alpha value is -3.45. The van der Waals surface area contributed by atoms with Gasteiger partial charge in [0.15, 0.2) is 0 Å². The van der Waals surface area contributed by atoms with E-state index in [1.165, 1.54) is 6.08 Å². The fourth-order valence-electron chi connectivity index (χ4n) is 3.41. The molecule has 0 bridgehead atoms. The van der Waals surface area contributed by atoms with E-state index in [2.05, 4.69) is 21.2 Å². The number of halogens is 1. The number of rotatable bonds is 3. The number of hydrogen-bond acceptors (Lipinski definition) is 4. The minimum atomic E-state index is -0.775. The lowest BCUT2D eigenvalue weighted by Crippen LogP contribution is -2.54. The number of imide groups is 2. The molecule has 0 radical (unpaired) electrons. The maximum absolute atomic E-state index is 13.1. The number of nitrogens with one attached hydrogen (secondary N) is 1. The number of benzene rings is 3. The van der Waals surface area contributed by atoms with Crippen LogP contribution in [-0.2, 0) is 9.59 Å². The zero-order valence-electron chi connectivity index (χ0n) is 16.2. The van der Waals surface area contributed by atoms with Crippen LogP contribution in [0.2, 0.25) is 0 Å². The molecule has 0 aliphatic carbocycles. The molecule has 1 saturated heterocycles. The van der Waals surface area contributed by atoms with Gasteiger partial charge in [0.05, 0.1) is 12.8 Å². The van der Waals surface area contributed by atoms with E-state index < -0.39 is 17.8 Å². The number of barbiturate groups is 1. The molecule has 6 nitrogen and oxygen atoms in total. The van der Waals surface area contributed by atoms with Gasteiger partial charge in [0, 0.05) is 9.86 Å². The van der Waals surface area contributed by atoms with E-state index in [0.29, 0.717) is 17.0 Å². The Morgan fingerprint density at radius 2 is 1.73 bits per heavy atom. The molecule has 0 unspecified atom stereocenters. The first kappa shape index (κ1) is 19.8. The van der Waals surface area contributed by atoms with Gasteiger partial charge in [0.1, 0.15) is 11.3 Å². The van der Waals surface area contributed by atoms with Gasteiger partial charge in [0.2, 0.25) is 0 Å². The van der Waals surface area contributed by atoms with Gasteiger partial charge in [-0.1, -0.05) is 46.3 Å². The highest BCUT2D eigenvalue weighted by molar-refractivity contribution is 9.10. The third-order valence-electron chi connectivity index (χ3n) is 4.94. The van der Waals surface area contributed by atoms with Crippen molar-refractivity contribution in [3.63, 3.8) is 0 Å². The molecule has 150 valence electrons. The summed E-state index contributed by atoms with van der Waals surface area (Å²) in [5, 5.41) is 3.94. The maximum atomic E-state index is 13.1. The Balaban J connectivity index is 1.82. The zero-order chi connectivity index (χ0) is 21.4. The van der Waals surface area contributed by atoms with Crippen molar-refractivity contribution in [2.24, 2.45) is 0 Å². The van der Waals surface area contributed by atoms with Gasteiger partial charge >= 0.3 is 6.03 Å². The smallest absolute Gasteiger partial charge is 0.335 e. The van der Waals surface area contributed by atoms with E-state index in [-0.39, 0.29) is 5.57 Å². The molecule has 1 aliphatic rings. The average Bonchev–Trinajstić information content (AvgIpc) is 2.73. The van der Waals surface area contributed by atoms with Crippen molar-refractivity contribution in [2.75, 3.05) is 12.0 Å². The molecule has 1 fully saturated rings. The summed E-state index contributed by atoms with van der Waals surface area (Å²) in [6.45, 7) is 1.85. The molecule has 4 rings (SSSR count). The van der Waals surface area contributed by atoms with Crippen LogP contribution >= 0.6 is 15.9 Å². The normalized spacial score (nSPS) is 15.6. The van der Waals surface area contributed by atoms with Crippen LogP contribution in [0.3, 0.4) is 0 Å². The summed E-state index contributed by atoms with van der Waals surface area (Å²) in [6, 6.07) is 15.4. The van der Waals surface area contributed by atoms with Crippen molar-refractivity contribution in [3.8, 4) is 5.75 Å². The minimum absolute atomic E-state index is 0.120. The van der Waals surface area contributed by atoms with Crippen molar-refractivity contribution < 1.29 is 19.1 Å². The Labute approximate surface area is 181 Å². The molecule has 3 aromatic rings. The molecule has 30 heavy (non-hydrogen) atoms.